The number of rotatable bonds is 4. The smallest absolute Gasteiger partial charge is 0.251 e. The van der Waals surface area contributed by atoms with Gasteiger partial charge in [0, 0.05) is 17.1 Å². The highest BCUT2D eigenvalue weighted by atomic mass is 35.5. The summed E-state index contributed by atoms with van der Waals surface area (Å²) in [5.41, 5.74) is 4.05. The van der Waals surface area contributed by atoms with Crippen LogP contribution in [0.1, 0.15) is 21.5 Å². The second-order valence-corrected chi connectivity index (χ2v) is 6.95. The highest BCUT2D eigenvalue weighted by molar-refractivity contribution is 6.31. The zero-order valence-electron chi connectivity index (χ0n) is 15.1. The number of aromatic nitrogens is 2. The average molecular weight is 394 g/mol. The summed E-state index contributed by atoms with van der Waals surface area (Å²) in [7, 11) is 0. The molecule has 0 saturated heterocycles. The number of nitrogens with one attached hydrogen (secondary N) is 1. The number of fused-ring (bicyclic) bond motifs is 1. The molecule has 0 bridgehead atoms. The van der Waals surface area contributed by atoms with E-state index < -0.39 is 0 Å². The molecule has 1 aromatic heterocycles. The van der Waals surface area contributed by atoms with Crippen LogP contribution in [0.4, 0.5) is 4.39 Å². The van der Waals surface area contributed by atoms with Gasteiger partial charge in [0.15, 0.2) is 0 Å². The minimum absolute atomic E-state index is 0.224. The van der Waals surface area contributed by atoms with Gasteiger partial charge >= 0.3 is 0 Å². The number of aryl methyl sites for hydroxylation is 1. The van der Waals surface area contributed by atoms with Gasteiger partial charge in [-0.25, -0.2) is 9.37 Å². The zero-order valence-corrected chi connectivity index (χ0v) is 15.9. The average Bonchev–Trinajstić information content (AvgIpc) is 3.12. The normalized spacial score (nSPS) is 11.0. The van der Waals surface area contributed by atoms with Gasteiger partial charge in [-0.05, 0) is 54.4 Å². The molecule has 0 fully saturated rings. The van der Waals surface area contributed by atoms with E-state index in [1.165, 1.54) is 6.07 Å². The van der Waals surface area contributed by atoms with Crippen molar-refractivity contribution in [1.82, 2.24) is 14.9 Å². The predicted octanol–water partition coefficient (Wildman–Crippen LogP) is 5.06. The third-order valence-corrected chi connectivity index (χ3v) is 4.94. The van der Waals surface area contributed by atoms with Crippen molar-refractivity contribution in [1.29, 1.82) is 0 Å². The van der Waals surface area contributed by atoms with Crippen LogP contribution in [0.2, 0.25) is 5.02 Å². The molecule has 140 valence electrons. The summed E-state index contributed by atoms with van der Waals surface area (Å²) < 4.78 is 15.9. The number of hydrogen-bond acceptors (Lipinski definition) is 2. The van der Waals surface area contributed by atoms with Gasteiger partial charge in [-0.15, -0.1) is 0 Å². The molecule has 0 aliphatic heterocycles. The number of halogens is 2. The fourth-order valence-electron chi connectivity index (χ4n) is 3.07. The van der Waals surface area contributed by atoms with E-state index in [4.69, 9.17) is 11.6 Å². The number of imidazole rings is 1. The molecule has 28 heavy (non-hydrogen) atoms. The summed E-state index contributed by atoms with van der Waals surface area (Å²) in [5, 5.41) is 3.47. The first-order valence-electron chi connectivity index (χ1n) is 8.78. The number of carbonyl (C=O) groups excluding carboxylic acids is 1. The van der Waals surface area contributed by atoms with Crippen LogP contribution >= 0.6 is 11.6 Å². The van der Waals surface area contributed by atoms with Crippen molar-refractivity contribution in [3.05, 3.63) is 94.5 Å². The lowest BCUT2D eigenvalue weighted by atomic mass is 10.1. The lowest BCUT2D eigenvalue weighted by molar-refractivity contribution is 0.0951. The second kappa shape index (κ2) is 7.44. The van der Waals surface area contributed by atoms with E-state index in [0.29, 0.717) is 28.3 Å². The Balaban J connectivity index is 1.60. The second-order valence-electron chi connectivity index (χ2n) is 6.55. The van der Waals surface area contributed by atoms with Gasteiger partial charge in [0.1, 0.15) is 12.1 Å². The minimum Gasteiger partial charge on any atom is -0.348 e. The summed E-state index contributed by atoms with van der Waals surface area (Å²) in [5.74, 6) is -0.551. The quantitative estimate of drug-likeness (QED) is 0.527. The van der Waals surface area contributed by atoms with Crippen LogP contribution in [-0.2, 0) is 6.54 Å². The standard InChI is InChI=1S/C22H17ClFN3O/c1-14-6-8-18(24)21(10-14)27-13-26-19-11-15(7-9-20(19)27)22(28)25-12-16-4-2-3-5-17(16)23/h2-11,13H,12H2,1H3,(H,25,28). The van der Waals surface area contributed by atoms with Crippen molar-refractivity contribution >= 4 is 28.5 Å². The molecule has 4 nitrogen and oxygen atoms in total. The van der Waals surface area contributed by atoms with Crippen LogP contribution < -0.4 is 5.32 Å². The Labute approximate surface area is 166 Å². The van der Waals surface area contributed by atoms with E-state index in [1.807, 2.05) is 25.1 Å². The van der Waals surface area contributed by atoms with E-state index in [1.54, 1.807) is 47.3 Å². The Morgan fingerprint density at radius 1 is 1.14 bits per heavy atom. The van der Waals surface area contributed by atoms with Gasteiger partial charge in [0.2, 0.25) is 0 Å². The Bertz CT molecular complexity index is 1190. The van der Waals surface area contributed by atoms with Gasteiger partial charge in [0.25, 0.3) is 5.91 Å². The molecule has 0 radical (unpaired) electrons. The summed E-state index contributed by atoms with van der Waals surface area (Å²) in [6.07, 6.45) is 1.56. The maximum Gasteiger partial charge on any atom is 0.251 e. The van der Waals surface area contributed by atoms with E-state index in [0.717, 1.165) is 16.6 Å². The predicted molar refractivity (Wildman–Crippen MR) is 108 cm³/mol. The van der Waals surface area contributed by atoms with Gasteiger partial charge in [-0.2, -0.15) is 0 Å². The van der Waals surface area contributed by atoms with Crippen molar-refractivity contribution in [2.24, 2.45) is 0 Å². The largest absolute Gasteiger partial charge is 0.348 e. The molecular weight excluding hydrogens is 377 g/mol. The molecule has 4 rings (SSSR count). The van der Waals surface area contributed by atoms with Crippen molar-refractivity contribution in [3.63, 3.8) is 0 Å². The molecule has 1 heterocycles. The molecule has 4 aromatic rings. The number of benzene rings is 3. The maximum atomic E-state index is 14.2. The Hall–Kier alpha value is -3.18. The lowest BCUT2D eigenvalue weighted by Crippen LogP contribution is -2.22. The third kappa shape index (κ3) is 3.49. The summed E-state index contributed by atoms with van der Waals surface area (Å²) in [6.45, 7) is 2.24. The van der Waals surface area contributed by atoms with E-state index in [9.17, 15) is 9.18 Å². The highest BCUT2D eigenvalue weighted by Gasteiger charge is 2.13. The monoisotopic (exact) mass is 393 g/mol. The Morgan fingerprint density at radius 2 is 1.96 bits per heavy atom. The number of hydrogen-bond donors (Lipinski definition) is 1. The molecule has 1 N–H and O–H groups in total. The van der Waals surface area contributed by atoms with E-state index >= 15 is 0 Å². The van der Waals surface area contributed by atoms with Crippen LogP contribution in [0.3, 0.4) is 0 Å². The minimum atomic E-state index is -0.327. The first-order chi connectivity index (χ1) is 13.5. The molecule has 0 saturated carbocycles. The highest BCUT2D eigenvalue weighted by Crippen LogP contribution is 2.22. The SMILES string of the molecule is Cc1ccc(F)c(-n2cnc3cc(C(=O)NCc4ccccc4Cl)ccc32)c1. The van der Waals surface area contributed by atoms with Crippen molar-refractivity contribution in [2.45, 2.75) is 13.5 Å². The Kier molecular flexibility index (Phi) is 4.84. The molecule has 1 amide bonds. The van der Waals surface area contributed by atoms with Gasteiger partial charge < -0.3 is 5.32 Å². The molecule has 0 aliphatic rings. The number of amides is 1. The summed E-state index contributed by atoms with van der Waals surface area (Å²) >= 11 is 6.12. The molecular formula is C22H17ClFN3O. The fourth-order valence-corrected chi connectivity index (χ4v) is 3.28. The number of carbonyl (C=O) groups is 1. The molecule has 0 spiro atoms. The third-order valence-electron chi connectivity index (χ3n) is 4.57. The van der Waals surface area contributed by atoms with Crippen molar-refractivity contribution in [2.75, 3.05) is 0 Å². The topological polar surface area (TPSA) is 46.9 Å². The van der Waals surface area contributed by atoms with Crippen LogP contribution in [0.5, 0.6) is 0 Å². The molecule has 0 aliphatic carbocycles. The Morgan fingerprint density at radius 3 is 2.79 bits per heavy atom. The molecule has 3 aromatic carbocycles. The molecule has 0 atom stereocenters. The van der Waals surface area contributed by atoms with Gasteiger partial charge in [-0.3, -0.25) is 9.36 Å². The fraction of sp³-hybridized carbons (Fsp3) is 0.0909. The summed E-state index contributed by atoms with van der Waals surface area (Å²) in [4.78, 5) is 16.8. The van der Waals surface area contributed by atoms with Crippen LogP contribution in [0, 0.1) is 12.7 Å². The molecule has 6 heteroatoms. The first kappa shape index (κ1) is 18.2. The summed E-state index contributed by atoms with van der Waals surface area (Å²) in [6, 6.07) is 17.5. The first-order valence-corrected chi connectivity index (χ1v) is 9.16. The van der Waals surface area contributed by atoms with Crippen LogP contribution in [-0.4, -0.2) is 15.5 Å². The maximum absolute atomic E-state index is 14.2. The molecule has 0 unspecified atom stereocenters. The van der Waals surface area contributed by atoms with Crippen LogP contribution in [0.15, 0.2) is 67.0 Å². The van der Waals surface area contributed by atoms with Crippen molar-refractivity contribution in [3.8, 4) is 5.69 Å². The van der Waals surface area contributed by atoms with Crippen LogP contribution in [0.25, 0.3) is 16.7 Å². The van der Waals surface area contributed by atoms with Crippen molar-refractivity contribution < 1.29 is 9.18 Å². The zero-order chi connectivity index (χ0) is 19.7. The lowest BCUT2D eigenvalue weighted by Gasteiger charge is -2.09. The van der Waals surface area contributed by atoms with E-state index in [2.05, 4.69) is 10.3 Å². The van der Waals surface area contributed by atoms with E-state index in [-0.39, 0.29) is 11.7 Å². The van der Waals surface area contributed by atoms with Gasteiger partial charge in [-0.1, -0.05) is 35.9 Å². The number of nitrogens with zero attached hydrogens (tertiary/aromatic N) is 2. The van der Waals surface area contributed by atoms with Gasteiger partial charge in [0.05, 0.1) is 16.7 Å².